The molecule has 0 aromatic carbocycles. The molecule has 1 aromatic rings. The van der Waals surface area contributed by atoms with Gasteiger partial charge in [-0.2, -0.15) is 0 Å². The third-order valence-electron chi connectivity index (χ3n) is 3.52. The number of hydrogen-bond donors (Lipinski definition) is 1. The molecule has 1 fully saturated rings. The summed E-state index contributed by atoms with van der Waals surface area (Å²) in [4.78, 5) is 10.1. The van der Waals surface area contributed by atoms with Crippen LogP contribution in [0.5, 0.6) is 0 Å². The van der Waals surface area contributed by atoms with E-state index in [1.807, 2.05) is 0 Å². The van der Waals surface area contributed by atoms with Gasteiger partial charge in [-0.25, -0.2) is 4.98 Å². The number of hydrogen-bond acceptors (Lipinski definition) is 5. The van der Waals surface area contributed by atoms with E-state index in [4.69, 9.17) is 22.9 Å². The monoisotopic (exact) mass is 312 g/mol. The van der Waals surface area contributed by atoms with Crippen molar-refractivity contribution in [3.8, 4) is 0 Å². The molecule has 20 heavy (non-hydrogen) atoms. The summed E-state index contributed by atoms with van der Waals surface area (Å²) >= 11 is 6.74. The Morgan fingerprint density at radius 2 is 1.90 bits per heavy atom. The molecule has 112 valence electrons. The van der Waals surface area contributed by atoms with Crippen LogP contribution < -0.4 is 5.73 Å². The van der Waals surface area contributed by atoms with Crippen molar-refractivity contribution >= 4 is 28.5 Å². The smallest absolute Gasteiger partial charge is 0.107 e. The predicted molar refractivity (Wildman–Crippen MR) is 89.3 cm³/mol. The zero-order chi connectivity index (χ0) is 14.8. The third-order valence-corrected chi connectivity index (χ3v) is 4.49. The molecule has 1 aliphatic rings. The average Bonchev–Trinajstić information content (AvgIpc) is 2.79. The van der Waals surface area contributed by atoms with Crippen LogP contribution in [0.4, 0.5) is 0 Å². The fraction of sp³-hybridized carbons (Fsp3) is 0.714. The lowest BCUT2D eigenvalue weighted by Crippen LogP contribution is -2.48. The molecule has 0 spiro atoms. The van der Waals surface area contributed by atoms with E-state index in [9.17, 15) is 0 Å². The van der Waals surface area contributed by atoms with Crippen molar-refractivity contribution in [2.75, 3.05) is 32.7 Å². The van der Waals surface area contributed by atoms with Crippen molar-refractivity contribution in [2.45, 2.75) is 32.7 Å². The first-order valence-electron chi connectivity index (χ1n) is 7.02. The Labute approximate surface area is 131 Å². The van der Waals surface area contributed by atoms with E-state index >= 15 is 0 Å². The van der Waals surface area contributed by atoms with Crippen LogP contribution in [0.1, 0.15) is 31.5 Å². The Morgan fingerprint density at radius 3 is 2.40 bits per heavy atom. The molecule has 1 aromatic heterocycles. The maximum absolute atomic E-state index is 5.59. The molecule has 0 atom stereocenters. The summed E-state index contributed by atoms with van der Waals surface area (Å²) in [6.07, 6.45) is 0. The molecule has 0 aliphatic carbocycles. The van der Waals surface area contributed by atoms with Gasteiger partial charge < -0.3 is 5.73 Å². The highest BCUT2D eigenvalue weighted by Crippen LogP contribution is 2.24. The molecular formula is C14H24N4S2. The van der Waals surface area contributed by atoms with Crippen LogP contribution in [0.25, 0.3) is 0 Å². The van der Waals surface area contributed by atoms with Crippen LogP contribution in [0, 0.1) is 0 Å². The van der Waals surface area contributed by atoms with Crippen molar-refractivity contribution in [1.29, 1.82) is 0 Å². The highest BCUT2D eigenvalue weighted by atomic mass is 32.1. The van der Waals surface area contributed by atoms with Gasteiger partial charge in [0.1, 0.15) is 5.01 Å². The van der Waals surface area contributed by atoms with Crippen LogP contribution in [0.2, 0.25) is 0 Å². The second kappa shape index (κ2) is 6.47. The number of thiazole rings is 1. The first-order valence-corrected chi connectivity index (χ1v) is 8.31. The predicted octanol–water partition coefficient (Wildman–Crippen LogP) is 1.84. The number of nitrogens with zero attached hydrogens (tertiary/aromatic N) is 3. The molecule has 2 rings (SSSR count). The van der Waals surface area contributed by atoms with Gasteiger partial charge in [0.15, 0.2) is 0 Å². The van der Waals surface area contributed by atoms with Gasteiger partial charge in [-0.05, 0) is 0 Å². The summed E-state index contributed by atoms with van der Waals surface area (Å²) in [5.41, 5.74) is 6.93. The van der Waals surface area contributed by atoms with Crippen molar-refractivity contribution < 1.29 is 0 Å². The summed E-state index contributed by atoms with van der Waals surface area (Å²) in [7, 11) is 0. The summed E-state index contributed by atoms with van der Waals surface area (Å²) in [6, 6.07) is 0. The SMILES string of the molecule is CC(C)(C)c1csc(CN2CCN(CC(N)=S)CC2)n1. The lowest BCUT2D eigenvalue weighted by molar-refractivity contribution is 0.140. The van der Waals surface area contributed by atoms with Crippen LogP contribution in [-0.2, 0) is 12.0 Å². The first kappa shape index (κ1) is 15.8. The van der Waals surface area contributed by atoms with E-state index < -0.39 is 0 Å². The molecule has 0 bridgehead atoms. The molecule has 0 radical (unpaired) electrons. The number of thiocarbonyl (C=S) groups is 1. The summed E-state index contributed by atoms with van der Waals surface area (Å²) < 4.78 is 0. The van der Waals surface area contributed by atoms with Crippen LogP contribution in [0.15, 0.2) is 5.38 Å². The zero-order valence-electron chi connectivity index (χ0n) is 12.6. The molecule has 1 saturated heterocycles. The topological polar surface area (TPSA) is 45.4 Å². The second-order valence-electron chi connectivity index (χ2n) is 6.40. The maximum Gasteiger partial charge on any atom is 0.107 e. The van der Waals surface area contributed by atoms with Crippen molar-refractivity contribution in [2.24, 2.45) is 5.73 Å². The van der Waals surface area contributed by atoms with Gasteiger partial charge in [0.25, 0.3) is 0 Å². The van der Waals surface area contributed by atoms with Crippen LogP contribution >= 0.6 is 23.6 Å². The quantitative estimate of drug-likeness (QED) is 0.860. The van der Waals surface area contributed by atoms with Gasteiger partial charge in [0.05, 0.1) is 17.2 Å². The van der Waals surface area contributed by atoms with E-state index in [1.165, 1.54) is 10.7 Å². The Kier molecular flexibility index (Phi) is 5.12. The van der Waals surface area contributed by atoms with Crippen LogP contribution in [-0.4, -0.2) is 52.5 Å². The van der Waals surface area contributed by atoms with E-state index in [1.54, 1.807) is 11.3 Å². The van der Waals surface area contributed by atoms with E-state index in [0.717, 1.165) is 39.3 Å². The summed E-state index contributed by atoms with van der Waals surface area (Å²) in [5, 5.41) is 3.41. The normalized spacial score (nSPS) is 18.4. The number of nitrogens with two attached hydrogens (primary N) is 1. The van der Waals surface area contributed by atoms with Crippen molar-refractivity contribution in [3.63, 3.8) is 0 Å². The Bertz CT molecular complexity index is 456. The molecule has 0 amide bonds. The molecule has 6 heteroatoms. The lowest BCUT2D eigenvalue weighted by Gasteiger charge is -2.33. The minimum absolute atomic E-state index is 0.143. The van der Waals surface area contributed by atoms with Crippen molar-refractivity contribution in [3.05, 3.63) is 16.1 Å². The maximum atomic E-state index is 5.59. The molecular weight excluding hydrogens is 288 g/mol. The minimum atomic E-state index is 0.143. The molecule has 0 unspecified atom stereocenters. The fourth-order valence-corrected chi connectivity index (χ4v) is 3.49. The average molecular weight is 313 g/mol. The van der Waals surface area contributed by atoms with Gasteiger partial charge >= 0.3 is 0 Å². The molecule has 0 saturated carbocycles. The Balaban J connectivity index is 1.84. The first-order chi connectivity index (χ1) is 9.34. The van der Waals surface area contributed by atoms with E-state index in [2.05, 4.69) is 36.0 Å². The Hall–Kier alpha value is -0.560. The van der Waals surface area contributed by atoms with Gasteiger partial charge in [0, 0.05) is 43.5 Å². The minimum Gasteiger partial charge on any atom is -0.392 e. The molecule has 4 nitrogen and oxygen atoms in total. The van der Waals surface area contributed by atoms with Gasteiger partial charge in [-0.1, -0.05) is 33.0 Å². The van der Waals surface area contributed by atoms with E-state index in [-0.39, 0.29) is 5.41 Å². The summed E-state index contributed by atoms with van der Waals surface area (Å²) in [6.45, 7) is 12.5. The standard InChI is InChI=1S/C14H24N4S2/c1-14(2,3)11-10-20-13(16-11)9-18-6-4-17(5-7-18)8-12(15)19/h10H,4-9H2,1-3H3,(H2,15,19). The van der Waals surface area contributed by atoms with E-state index in [0.29, 0.717) is 4.99 Å². The number of rotatable bonds is 4. The van der Waals surface area contributed by atoms with Gasteiger partial charge in [-0.15, -0.1) is 11.3 Å². The highest BCUT2D eigenvalue weighted by Gasteiger charge is 2.20. The molecule has 1 aliphatic heterocycles. The van der Waals surface area contributed by atoms with Gasteiger partial charge in [-0.3, -0.25) is 9.80 Å². The fourth-order valence-electron chi connectivity index (χ4n) is 2.25. The van der Waals surface area contributed by atoms with Crippen LogP contribution in [0.3, 0.4) is 0 Å². The third kappa shape index (κ3) is 4.48. The summed E-state index contributed by atoms with van der Waals surface area (Å²) in [5.74, 6) is 0. The largest absolute Gasteiger partial charge is 0.392 e. The molecule has 2 N–H and O–H groups in total. The Morgan fingerprint density at radius 1 is 1.30 bits per heavy atom. The lowest BCUT2D eigenvalue weighted by atomic mass is 9.93. The van der Waals surface area contributed by atoms with Gasteiger partial charge in [0.2, 0.25) is 0 Å². The molecule has 2 heterocycles. The zero-order valence-corrected chi connectivity index (χ0v) is 14.2. The van der Waals surface area contributed by atoms with Crippen molar-refractivity contribution in [1.82, 2.24) is 14.8 Å². The number of aromatic nitrogens is 1. The highest BCUT2D eigenvalue weighted by molar-refractivity contribution is 7.80. The number of piperazine rings is 1. The second-order valence-corrected chi connectivity index (χ2v) is 7.86.